The van der Waals surface area contributed by atoms with Crippen molar-refractivity contribution in [3.05, 3.63) is 53.8 Å². The van der Waals surface area contributed by atoms with Gasteiger partial charge in [0.1, 0.15) is 6.61 Å². The van der Waals surface area contributed by atoms with Crippen LogP contribution in [0, 0.1) is 0 Å². The number of hydrogen-bond donors (Lipinski definition) is 1. The molecule has 0 aliphatic rings. The summed E-state index contributed by atoms with van der Waals surface area (Å²) in [5.74, 6) is 0. The van der Waals surface area contributed by atoms with Gasteiger partial charge >= 0.3 is 6.09 Å². The maximum absolute atomic E-state index is 11.7. The van der Waals surface area contributed by atoms with Gasteiger partial charge in [-0.05, 0) is 50.2 Å². The van der Waals surface area contributed by atoms with E-state index in [0.717, 1.165) is 0 Å². The molecule has 0 saturated carbocycles. The molecule has 0 saturated heterocycles. The van der Waals surface area contributed by atoms with Crippen LogP contribution in [0.3, 0.4) is 0 Å². The Kier molecular flexibility index (Phi) is 4.35. The smallest absolute Gasteiger partial charge is 0.411 e. The van der Waals surface area contributed by atoms with E-state index in [0.29, 0.717) is 10.7 Å². The van der Waals surface area contributed by atoms with E-state index in [1.807, 2.05) is 42.9 Å². The van der Waals surface area contributed by atoms with E-state index in [4.69, 9.17) is 16.3 Å². The van der Waals surface area contributed by atoms with Crippen molar-refractivity contribution in [3.8, 4) is 0 Å². The highest BCUT2D eigenvalue weighted by Gasteiger charge is 2.21. The molecule has 0 spiro atoms. The summed E-state index contributed by atoms with van der Waals surface area (Å²) in [6.07, 6.45) is 3.41. The maximum atomic E-state index is 11.7. The van der Waals surface area contributed by atoms with E-state index in [1.165, 1.54) is 0 Å². The van der Waals surface area contributed by atoms with Gasteiger partial charge in [-0.15, -0.1) is 0 Å². The van der Waals surface area contributed by atoms with Crippen LogP contribution in [0.15, 0.2) is 48.8 Å². The van der Waals surface area contributed by atoms with E-state index in [-0.39, 0.29) is 12.1 Å². The minimum atomic E-state index is -0.479. The Morgan fingerprint density at radius 1 is 1.25 bits per heavy atom. The summed E-state index contributed by atoms with van der Waals surface area (Å²) in [4.78, 5) is 11.7. The fourth-order valence-corrected chi connectivity index (χ4v) is 1.87. The van der Waals surface area contributed by atoms with Crippen molar-refractivity contribution in [1.82, 2.24) is 4.57 Å². The molecule has 0 bridgehead atoms. The molecular weight excluding hydrogens is 276 g/mol. The molecule has 106 valence electrons. The Labute approximate surface area is 123 Å². The van der Waals surface area contributed by atoms with E-state index >= 15 is 0 Å². The zero-order chi connectivity index (χ0) is 14.6. The average molecular weight is 293 g/mol. The Balaban J connectivity index is 1.88. The molecule has 0 aliphatic carbocycles. The first-order valence-corrected chi connectivity index (χ1v) is 6.68. The third-order valence-electron chi connectivity index (χ3n) is 2.95. The van der Waals surface area contributed by atoms with Crippen LogP contribution >= 0.6 is 11.6 Å². The van der Waals surface area contributed by atoms with Crippen molar-refractivity contribution in [2.45, 2.75) is 19.4 Å². The molecule has 1 aromatic heterocycles. The Morgan fingerprint density at radius 3 is 2.45 bits per heavy atom. The van der Waals surface area contributed by atoms with Crippen LogP contribution in [0.25, 0.3) is 0 Å². The largest absolute Gasteiger partial charge is 0.447 e. The van der Waals surface area contributed by atoms with Crippen LogP contribution in [0.2, 0.25) is 5.02 Å². The summed E-state index contributed by atoms with van der Waals surface area (Å²) < 4.78 is 7.26. The second-order valence-corrected chi connectivity index (χ2v) is 5.55. The van der Waals surface area contributed by atoms with Crippen molar-refractivity contribution >= 4 is 23.4 Å². The summed E-state index contributed by atoms with van der Waals surface area (Å²) >= 11 is 5.78. The van der Waals surface area contributed by atoms with E-state index in [2.05, 4.69) is 5.32 Å². The number of nitrogens with zero attached hydrogens (tertiary/aromatic N) is 1. The molecule has 0 atom stereocenters. The average Bonchev–Trinajstić information content (AvgIpc) is 2.94. The van der Waals surface area contributed by atoms with Gasteiger partial charge in [0, 0.05) is 23.1 Å². The number of carbonyl (C=O) groups excluding carboxylic acids is 1. The Morgan fingerprint density at radius 2 is 1.85 bits per heavy atom. The topological polar surface area (TPSA) is 43.3 Å². The first-order valence-electron chi connectivity index (χ1n) is 6.30. The standard InChI is InChI=1S/C15H17ClN2O2/c1-15(2,18-9-3-4-10-18)11-20-14(19)17-13-7-5-12(16)6-8-13/h3-10H,11H2,1-2H3,(H,17,19). The zero-order valence-electron chi connectivity index (χ0n) is 11.5. The van der Waals surface area contributed by atoms with Crippen LogP contribution in [0.1, 0.15) is 13.8 Å². The molecule has 0 unspecified atom stereocenters. The first kappa shape index (κ1) is 14.5. The van der Waals surface area contributed by atoms with Gasteiger partial charge in [0.2, 0.25) is 0 Å². The molecule has 2 rings (SSSR count). The molecule has 2 aromatic rings. The van der Waals surface area contributed by atoms with Gasteiger partial charge < -0.3 is 9.30 Å². The van der Waals surface area contributed by atoms with E-state index in [9.17, 15) is 4.79 Å². The second-order valence-electron chi connectivity index (χ2n) is 5.11. The monoisotopic (exact) mass is 292 g/mol. The second kappa shape index (κ2) is 6.01. The van der Waals surface area contributed by atoms with Crippen LogP contribution in [0.4, 0.5) is 10.5 Å². The molecule has 20 heavy (non-hydrogen) atoms. The number of amides is 1. The molecule has 0 radical (unpaired) electrons. The number of benzene rings is 1. The molecule has 1 amide bonds. The summed E-state index contributed by atoms with van der Waals surface area (Å²) in [5.41, 5.74) is 0.360. The van der Waals surface area contributed by atoms with E-state index < -0.39 is 6.09 Å². The van der Waals surface area contributed by atoms with Gasteiger partial charge in [-0.1, -0.05) is 11.6 Å². The lowest BCUT2D eigenvalue weighted by atomic mass is 10.1. The normalized spacial score (nSPS) is 11.2. The summed E-state index contributed by atoms with van der Waals surface area (Å²) in [6.45, 7) is 4.28. The van der Waals surface area contributed by atoms with Gasteiger partial charge in [0.25, 0.3) is 0 Å². The number of rotatable bonds is 4. The molecular formula is C15H17ClN2O2. The highest BCUT2D eigenvalue weighted by atomic mass is 35.5. The number of anilines is 1. The van der Waals surface area contributed by atoms with Gasteiger partial charge in [0.05, 0.1) is 5.54 Å². The molecule has 5 heteroatoms. The Hall–Kier alpha value is -1.94. The predicted molar refractivity (Wildman–Crippen MR) is 80.2 cm³/mol. The highest BCUT2D eigenvalue weighted by molar-refractivity contribution is 6.30. The van der Waals surface area contributed by atoms with Crippen molar-refractivity contribution in [3.63, 3.8) is 0 Å². The number of halogens is 1. The number of ether oxygens (including phenoxy) is 1. The lowest BCUT2D eigenvalue weighted by Gasteiger charge is -2.26. The SMILES string of the molecule is CC(C)(COC(=O)Nc1ccc(Cl)cc1)n1cccc1. The minimum absolute atomic E-state index is 0.279. The third-order valence-corrected chi connectivity index (χ3v) is 3.20. The van der Waals surface area contributed by atoms with Gasteiger partial charge in [-0.2, -0.15) is 0 Å². The van der Waals surface area contributed by atoms with Crippen molar-refractivity contribution in [2.24, 2.45) is 0 Å². The van der Waals surface area contributed by atoms with Crippen molar-refractivity contribution in [2.75, 3.05) is 11.9 Å². The van der Waals surface area contributed by atoms with Gasteiger partial charge in [-0.3, -0.25) is 5.32 Å². The highest BCUT2D eigenvalue weighted by Crippen LogP contribution is 2.17. The molecule has 4 nitrogen and oxygen atoms in total. The summed E-state index contributed by atoms with van der Waals surface area (Å²) in [6, 6.07) is 10.7. The zero-order valence-corrected chi connectivity index (χ0v) is 12.2. The molecule has 1 heterocycles. The summed E-state index contributed by atoms with van der Waals surface area (Å²) in [7, 11) is 0. The number of aromatic nitrogens is 1. The quantitative estimate of drug-likeness (QED) is 0.921. The van der Waals surface area contributed by atoms with E-state index in [1.54, 1.807) is 24.3 Å². The van der Waals surface area contributed by atoms with Crippen LogP contribution in [-0.4, -0.2) is 17.3 Å². The number of hydrogen-bond acceptors (Lipinski definition) is 2. The molecule has 1 N–H and O–H groups in total. The number of nitrogens with one attached hydrogen (secondary N) is 1. The lowest BCUT2D eigenvalue weighted by Crippen LogP contribution is -2.33. The molecule has 0 fully saturated rings. The van der Waals surface area contributed by atoms with Gasteiger partial charge in [0.15, 0.2) is 0 Å². The third kappa shape index (κ3) is 3.78. The maximum Gasteiger partial charge on any atom is 0.411 e. The molecule has 0 aliphatic heterocycles. The fraction of sp³-hybridized carbons (Fsp3) is 0.267. The van der Waals surface area contributed by atoms with Crippen molar-refractivity contribution in [1.29, 1.82) is 0 Å². The van der Waals surface area contributed by atoms with Gasteiger partial charge in [-0.25, -0.2) is 4.79 Å². The first-order chi connectivity index (χ1) is 9.47. The lowest BCUT2D eigenvalue weighted by molar-refractivity contribution is 0.114. The fourth-order valence-electron chi connectivity index (χ4n) is 1.74. The number of carbonyl (C=O) groups is 1. The molecule has 1 aromatic carbocycles. The Bertz CT molecular complexity index is 562. The van der Waals surface area contributed by atoms with Crippen molar-refractivity contribution < 1.29 is 9.53 Å². The minimum Gasteiger partial charge on any atom is -0.447 e. The summed E-state index contributed by atoms with van der Waals surface area (Å²) in [5, 5.41) is 3.28. The van der Waals surface area contributed by atoms with Crippen LogP contribution in [0.5, 0.6) is 0 Å². The van der Waals surface area contributed by atoms with Crippen LogP contribution in [-0.2, 0) is 10.3 Å². The van der Waals surface area contributed by atoms with Crippen LogP contribution < -0.4 is 5.32 Å². The predicted octanol–water partition coefficient (Wildman–Crippen LogP) is 4.13.